The molecule has 1 spiro atoms. The van der Waals surface area contributed by atoms with E-state index in [9.17, 15) is 14.0 Å². The monoisotopic (exact) mass is 592 g/mol. The maximum absolute atomic E-state index is 14.7. The maximum atomic E-state index is 14.7. The normalized spacial score (nSPS) is 19.2. The number of ether oxygens (including phenoxy) is 1. The molecule has 0 saturated heterocycles. The Morgan fingerprint density at radius 1 is 1.10 bits per heavy atom. The highest BCUT2D eigenvalue weighted by atomic mass is 35.5. The van der Waals surface area contributed by atoms with Gasteiger partial charge in [0.1, 0.15) is 17.5 Å². The molecule has 4 heterocycles. The molecule has 0 bridgehead atoms. The number of nitrogens with zero attached hydrogens (tertiary/aromatic N) is 5. The molecule has 9 nitrogen and oxygen atoms in total. The molecule has 2 amide bonds. The zero-order chi connectivity index (χ0) is 28.8. The molecule has 1 N–H and O–H groups in total. The molecule has 0 radical (unpaired) electrons. The van der Waals surface area contributed by atoms with Crippen molar-refractivity contribution in [3.05, 3.63) is 81.2 Å². The summed E-state index contributed by atoms with van der Waals surface area (Å²) in [5, 5.41) is 3.37. The summed E-state index contributed by atoms with van der Waals surface area (Å²) in [7, 11) is 1.52. The predicted molar refractivity (Wildman–Crippen MR) is 151 cm³/mol. The van der Waals surface area contributed by atoms with Crippen molar-refractivity contribution < 1.29 is 18.7 Å². The second kappa shape index (κ2) is 8.99. The van der Waals surface area contributed by atoms with Gasteiger partial charge in [-0.3, -0.25) is 14.5 Å². The first-order valence-electron chi connectivity index (χ1n) is 13.1. The Morgan fingerprint density at radius 2 is 1.88 bits per heavy atom. The number of methoxy groups -OCH3 is 1. The van der Waals surface area contributed by atoms with Crippen molar-refractivity contribution in [1.82, 2.24) is 19.5 Å². The van der Waals surface area contributed by atoms with Gasteiger partial charge in [-0.2, -0.15) is 4.98 Å². The average molecular weight is 593 g/mol. The summed E-state index contributed by atoms with van der Waals surface area (Å²) in [4.78, 5) is 43.8. The first kappa shape index (κ1) is 25.9. The summed E-state index contributed by atoms with van der Waals surface area (Å²) >= 11 is 12.5. The van der Waals surface area contributed by atoms with Crippen LogP contribution in [0, 0.1) is 5.82 Å². The van der Waals surface area contributed by atoms with E-state index in [0.29, 0.717) is 51.0 Å². The Balaban J connectivity index is 1.55. The smallest absolute Gasteiger partial charge is 0.280 e. The van der Waals surface area contributed by atoms with Crippen LogP contribution in [0.25, 0.3) is 11.4 Å². The van der Waals surface area contributed by atoms with Gasteiger partial charge in [-0.1, -0.05) is 29.3 Å². The van der Waals surface area contributed by atoms with Crippen LogP contribution < -0.4 is 15.0 Å². The van der Waals surface area contributed by atoms with Crippen molar-refractivity contribution in [3.63, 3.8) is 0 Å². The molecule has 1 aliphatic carbocycles. The Morgan fingerprint density at radius 3 is 2.56 bits per heavy atom. The summed E-state index contributed by atoms with van der Waals surface area (Å²) in [6.45, 7) is 3.85. The third kappa shape index (κ3) is 3.63. The number of anilines is 2. The first-order valence-corrected chi connectivity index (χ1v) is 13.9. The summed E-state index contributed by atoms with van der Waals surface area (Å²) < 4.78 is 22.1. The van der Waals surface area contributed by atoms with E-state index in [4.69, 9.17) is 32.9 Å². The number of halogens is 3. The van der Waals surface area contributed by atoms with Gasteiger partial charge < -0.3 is 14.6 Å². The molecule has 2 aromatic carbocycles. The lowest BCUT2D eigenvalue weighted by atomic mass is 9.87. The number of carbonyl (C=O) groups is 2. The quantitative estimate of drug-likeness (QED) is 0.300. The van der Waals surface area contributed by atoms with Gasteiger partial charge in [0.25, 0.3) is 11.8 Å². The minimum Gasteiger partial charge on any atom is -0.480 e. The molecule has 2 aliphatic heterocycles. The van der Waals surface area contributed by atoms with Crippen molar-refractivity contribution in [2.75, 3.05) is 17.3 Å². The van der Waals surface area contributed by atoms with E-state index in [-0.39, 0.29) is 22.4 Å². The Kier molecular flexibility index (Phi) is 5.68. The molecule has 0 unspecified atom stereocenters. The fraction of sp³-hybridized carbons (Fsp3) is 0.276. The minimum atomic E-state index is -1.74. The topological polar surface area (TPSA) is 102 Å². The summed E-state index contributed by atoms with van der Waals surface area (Å²) in [6, 6.07) is 8.43. The SMILES string of the molecule is COc1nc(C2CC2)ncc1-c1nc2c(n1C(C)C)[C@]1(C(=O)Nc3cc(Cl)ccc31)N(c1cc(F)cc(Cl)c1)C2=O. The van der Waals surface area contributed by atoms with Crippen molar-refractivity contribution in [3.8, 4) is 17.3 Å². The lowest BCUT2D eigenvalue weighted by Crippen LogP contribution is -2.51. The van der Waals surface area contributed by atoms with Gasteiger partial charge in [-0.25, -0.2) is 14.4 Å². The highest BCUT2D eigenvalue weighted by Gasteiger charge is 2.64. The van der Waals surface area contributed by atoms with E-state index in [2.05, 4.69) is 15.3 Å². The molecule has 208 valence electrons. The number of fused-ring (bicyclic) bond motifs is 4. The highest BCUT2D eigenvalue weighted by Crippen LogP contribution is 2.55. The standard InChI is InChI=1S/C29H23Cl2FN6O3/c1-13(2)37-23-22(35-25(37)19-12-33-24(14-4-5-14)36-26(19)41-3)27(39)38(18-9-16(31)8-17(32)11-18)29(23)20-7-6-15(30)10-21(20)34-28(29)40/h6-14H,4-5H2,1-3H3,(H,34,40)/t29-/m1/s1. The van der Waals surface area contributed by atoms with Crippen LogP contribution in [0.1, 0.15) is 66.2 Å². The Bertz CT molecular complexity index is 1780. The van der Waals surface area contributed by atoms with Gasteiger partial charge in [-0.15, -0.1) is 0 Å². The fourth-order valence-corrected chi connectivity index (χ4v) is 6.31. The fourth-order valence-electron chi connectivity index (χ4n) is 5.92. The number of rotatable bonds is 5. The number of carbonyl (C=O) groups excluding carboxylic acids is 2. The molecular formula is C29H23Cl2FN6O3. The van der Waals surface area contributed by atoms with Crippen LogP contribution in [0.15, 0.2) is 42.6 Å². The zero-order valence-electron chi connectivity index (χ0n) is 22.2. The van der Waals surface area contributed by atoms with Gasteiger partial charge in [0, 0.05) is 39.5 Å². The molecule has 3 aliphatic rings. The van der Waals surface area contributed by atoms with Crippen LogP contribution >= 0.6 is 23.2 Å². The molecule has 12 heteroatoms. The number of hydrogen-bond donors (Lipinski definition) is 1. The molecular weight excluding hydrogens is 570 g/mol. The average Bonchev–Trinajstić information content (AvgIpc) is 3.57. The molecule has 1 saturated carbocycles. The number of imidazole rings is 1. The second-order valence-electron chi connectivity index (χ2n) is 10.6. The van der Waals surface area contributed by atoms with E-state index < -0.39 is 23.2 Å². The summed E-state index contributed by atoms with van der Waals surface area (Å²) in [6.07, 6.45) is 3.69. The van der Waals surface area contributed by atoms with Gasteiger partial charge in [-0.05, 0) is 57.0 Å². The summed E-state index contributed by atoms with van der Waals surface area (Å²) in [5.74, 6) is -0.0504. The van der Waals surface area contributed by atoms with Crippen LogP contribution in [0.2, 0.25) is 10.0 Å². The van der Waals surface area contributed by atoms with Crippen LogP contribution in [-0.4, -0.2) is 38.4 Å². The van der Waals surface area contributed by atoms with E-state index in [1.807, 2.05) is 18.4 Å². The van der Waals surface area contributed by atoms with Crippen molar-refractivity contribution >= 4 is 46.4 Å². The minimum absolute atomic E-state index is 0.0420. The first-order chi connectivity index (χ1) is 19.6. The molecule has 1 fully saturated rings. The van der Waals surface area contributed by atoms with Crippen LogP contribution in [-0.2, 0) is 10.3 Å². The number of nitrogens with one attached hydrogen (secondary N) is 1. The number of aromatic nitrogens is 4. The largest absolute Gasteiger partial charge is 0.480 e. The van der Waals surface area contributed by atoms with Gasteiger partial charge in [0.05, 0.1) is 24.1 Å². The van der Waals surface area contributed by atoms with E-state index in [1.54, 1.807) is 24.4 Å². The van der Waals surface area contributed by atoms with Crippen LogP contribution in [0.4, 0.5) is 15.8 Å². The van der Waals surface area contributed by atoms with Crippen LogP contribution in [0.5, 0.6) is 5.88 Å². The second-order valence-corrected chi connectivity index (χ2v) is 11.5. The maximum Gasteiger partial charge on any atom is 0.280 e. The molecule has 41 heavy (non-hydrogen) atoms. The van der Waals surface area contributed by atoms with Gasteiger partial charge >= 0.3 is 0 Å². The van der Waals surface area contributed by atoms with E-state index in [1.165, 1.54) is 24.1 Å². The van der Waals surface area contributed by atoms with E-state index >= 15 is 0 Å². The molecule has 7 rings (SSSR count). The predicted octanol–water partition coefficient (Wildman–Crippen LogP) is 6.11. The number of amides is 2. The summed E-state index contributed by atoms with van der Waals surface area (Å²) in [5.41, 5.74) is 0.144. The lowest BCUT2D eigenvalue weighted by Gasteiger charge is -2.35. The highest BCUT2D eigenvalue weighted by molar-refractivity contribution is 6.32. The van der Waals surface area contributed by atoms with Crippen molar-refractivity contribution in [1.29, 1.82) is 0 Å². The number of benzene rings is 2. The molecule has 2 aromatic heterocycles. The van der Waals surface area contributed by atoms with E-state index in [0.717, 1.165) is 18.9 Å². The van der Waals surface area contributed by atoms with Crippen molar-refractivity contribution in [2.45, 2.75) is 44.2 Å². The van der Waals surface area contributed by atoms with Crippen molar-refractivity contribution in [2.24, 2.45) is 0 Å². The van der Waals surface area contributed by atoms with Gasteiger partial charge in [0.2, 0.25) is 5.88 Å². The van der Waals surface area contributed by atoms with Crippen LogP contribution in [0.3, 0.4) is 0 Å². The lowest BCUT2D eigenvalue weighted by molar-refractivity contribution is -0.119. The molecule has 1 atom stereocenters. The Hall–Kier alpha value is -4.02. The van der Waals surface area contributed by atoms with Gasteiger partial charge in [0.15, 0.2) is 11.2 Å². The third-order valence-corrected chi connectivity index (χ3v) is 8.17. The third-order valence-electron chi connectivity index (χ3n) is 7.71. The Labute approximate surface area is 244 Å². The molecule has 4 aromatic rings. The zero-order valence-corrected chi connectivity index (χ0v) is 23.7. The number of hydrogen-bond acceptors (Lipinski definition) is 6.